The third kappa shape index (κ3) is 3.52. The Hall–Kier alpha value is -3.15. The van der Waals surface area contributed by atoms with Gasteiger partial charge in [0, 0.05) is 11.3 Å². The molecule has 3 rings (SSSR count). The van der Waals surface area contributed by atoms with E-state index in [1.165, 1.54) is 11.8 Å². The van der Waals surface area contributed by atoms with Gasteiger partial charge in [-0.2, -0.15) is 0 Å². The summed E-state index contributed by atoms with van der Waals surface area (Å²) >= 11 is 0. The van der Waals surface area contributed by atoms with Crippen LogP contribution >= 0.6 is 0 Å². The van der Waals surface area contributed by atoms with Gasteiger partial charge < -0.3 is 10.1 Å². The monoisotopic (exact) mass is 338 g/mol. The predicted octanol–water partition coefficient (Wildman–Crippen LogP) is 2.64. The normalized spacial score (nSPS) is 16.0. The van der Waals surface area contributed by atoms with E-state index >= 15 is 0 Å². The van der Waals surface area contributed by atoms with Gasteiger partial charge >= 0.3 is 0 Å². The van der Waals surface area contributed by atoms with Crippen LogP contribution in [-0.2, 0) is 9.59 Å². The van der Waals surface area contributed by atoms with Crippen LogP contribution in [0.25, 0.3) is 0 Å². The highest BCUT2D eigenvalue weighted by Gasteiger charge is 2.32. The molecule has 1 heterocycles. The summed E-state index contributed by atoms with van der Waals surface area (Å²) in [6, 6.07) is 13.8. The summed E-state index contributed by atoms with van der Waals surface area (Å²) < 4.78 is 5.56. The van der Waals surface area contributed by atoms with Crippen molar-refractivity contribution in [3.63, 3.8) is 0 Å². The minimum absolute atomic E-state index is 0.0813. The van der Waals surface area contributed by atoms with E-state index in [1.54, 1.807) is 49.4 Å². The molecule has 0 fully saturated rings. The molecule has 0 bridgehead atoms. The number of ether oxygens (including phenoxy) is 1. The third-order valence-corrected chi connectivity index (χ3v) is 3.93. The lowest BCUT2D eigenvalue weighted by atomic mass is 10.1. The van der Waals surface area contributed by atoms with Crippen LogP contribution in [-0.4, -0.2) is 30.2 Å². The summed E-state index contributed by atoms with van der Waals surface area (Å²) in [5, 5.41) is 2.72. The number of carbonyl (C=O) groups excluding carboxylic acids is 3. The molecule has 1 N–H and O–H groups in total. The standard InChI is InChI=1S/C19H18N2O4/c1-12(22)14-6-5-7-15(10-14)20-18(23)11-21-16-8-3-4-9-17(16)25-13(2)19(21)24/h3-10,13H,11H2,1-2H3,(H,20,23)/t13-/m1/s1. The Balaban J connectivity index is 1.77. The maximum atomic E-state index is 12.4. The molecule has 1 atom stereocenters. The van der Waals surface area contributed by atoms with Crippen LogP contribution < -0.4 is 15.0 Å². The molecule has 0 radical (unpaired) electrons. The maximum Gasteiger partial charge on any atom is 0.268 e. The summed E-state index contributed by atoms with van der Waals surface area (Å²) in [7, 11) is 0. The SMILES string of the molecule is CC(=O)c1cccc(NC(=O)CN2C(=O)[C@@H](C)Oc3ccccc32)c1. The van der Waals surface area contributed by atoms with Crippen LogP contribution in [0, 0.1) is 0 Å². The van der Waals surface area contributed by atoms with Crippen LogP contribution in [0.3, 0.4) is 0 Å². The van der Waals surface area contributed by atoms with Gasteiger partial charge in [0.25, 0.3) is 5.91 Å². The van der Waals surface area contributed by atoms with E-state index in [0.717, 1.165) is 0 Å². The molecule has 6 heteroatoms. The Kier molecular flexibility index (Phi) is 4.52. The second-order valence-electron chi connectivity index (χ2n) is 5.84. The lowest BCUT2D eigenvalue weighted by molar-refractivity contribution is -0.127. The number of hydrogen-bond donors (Lipinski definition) is 1. The highest BCUT2D eigenvalue weighted by molar-refractivity contribution is 6.06. The van der Waals surface area contributed by atoms with Gasteiger partial charge in [-0.1, -0.05) is 24.3 Å². The molecule has 1 aliphatic heterocycles. The zero-order valence-electron chi connectivity index (χ0n) is 14.0. The van der Waals surface area contributed by atoms with E-state index < -0.39 is 6.10 Å². The molecule has 2 aromatic rings. The smallest absolute Gasteiger partial charge is 0.268 e. The number of fused-ring (bicyclic) bond motifs is 1. The predicted molar refractivity (Wildman–Crippen MR) is 94.0 cm³/mol. The van der Waals surface area contributed by atoms with Gasteiger partial charge in [0.1, 0.15) is 12.3 Å². The molecule has 0 saturated carbocycles. The zero-order valence-corrected chi connectivity index (χ0v) is 14.0. The van der Waals surface area contributed by atoms with E-state index in [9.17, 15) is 14.4 Å². The largest absolute Gasteiger partial charge is 0.479 e. The average Bonchev–Trinajstić information content (AvgIpc) is 2.59. The summed E-state index contributed by atoms with van der Waals surface area (Å²) in [4.78, 5) is 37.6. The van der Waals surface area contributed by atoms with Crippen molar-refractivity contribution in [2.75, 3.05) is 16.8 Å². The highest BCUT2D eigenvalue weighted by Crippen LogP contribution is 2.33. The van der Waals surface area contributed by atoms with Crippen molar-refractivity contribution in [1.29, 1.82) is 0 Å². The first-order chi connectivity index (χ1) is 12.0. The van der Waals surface area contributed by atoms with Gasteiger partial charge in [-0.3, -0.25) is 19.3 Å². The maximum absolute atomic E-state index is 12.4. The number of ketones is 1. The van der Waals surface area contributed by atoms with Crippen LogP contribution in [0.5, 0.6) is 5.75 Å². The Bertz CT molecular complexity index is 847. The average molecular weight is 338 g/mol. The Morgan fingerprint density at radius 3 is 2.68 bits per heavy atom. The molecule has 25 heavy (non-hydrogen) atoms. The Morgan fingerprint density at radius 2 is 1.92 bits per heavy atom. The van der Waals surface area contributed by atoms with Gasteiger partial charge in [-0.25, -0.2) is 0 Å². The van der Waals surface area contributed by atoms with Crippen molar-refractivity contribution >= 4 is 29.0 Å². The van der Waals surface area contributed by atoms with Crippen molar-refractivity contribution in [2.45, 2.75) is 20.0 Å². The molecule has 0 saturated heterocycles. The number of hydrogen-bond acceptors (Lipinski definition) is 4. The second kappa shape index (κ2) is 6.76. The van der Waals surface area contributed by atoms with Crippen molar-refractivity contribution in [1.82, 2.24) is 0 Å². The molecule has 0 unspecified atom stereocenters. The molecule has 6 nitrogen and oxygen atoms in total. The molecule has 128 valence electrons. The van der Waals surface area contributed by atoms with Crippen molar-refractivity contribution < 1.29 is 19.1 Å². The first-order valence-corrected chi connectivity index (χ1v) is 7.93. The fraction of sp³-hybridized carbons (Fsp3) is 0.211. The van der Waals surface area contributed by atoms with Gasteiger partial charge in [0.15, 0.2) is 11.9 Å². The second-order valence-corrected chi connectivity index (χ2v) is 5.84. The fourth-order valence-electron chi connectivity index (χ4n) is 2.68. The lowest BCUT2D eigenvalue weighted by Gasteiger charge is -2.32. The number of carbonyl (C=O) groups is 3. The third-order valence-electron chi connectivity index (χ3n) is 3.93. The van der Waals surface area contributed by atoms with Gasteiger partial charge in [0.2, 0.25) is 5.91 Å². The first-order valence-electron chi connectivity index (χ1n) is 7.93. The zero-order chi connectivity index (χ0) is 18.0. The number of nitrogens with zero attached hydrogens (tertiary/aromatic N) is 1. The first kappa shape index (κ1) is 16.7. The molecule has 2 amide bonds. The van der Waals surface area contributed by atoms with Crippen LogP contribution in [0.15, 0.2) is 48.5 Å². The summed E-state index contributed by atoms with van der Waals surface area (Å²) in [6.07, 6.45) is -0.649. The number of para-hydroxylation sites is 2. The number of rotatable bonds is 4. The van der Waals surface area contributed by atoms with Crippen LogP contribution in [0.4, 0.5) is 11.4 Å². The van der Waals surface area contributed by atoms with E-state index in [2.05, 4.69) is 5.32 Å². The van der Waals surface area contributed by atoms with Crippen molar-refractivity contribution in [3.8, 4) is 5.75 Å². The van der Waals surface area contributed by atoms with Crippen LogP contribution in [0.2, 0.25) is 0 Å². The minimum atomic E-state index is -0.649. The number of anilines is 2. The van der Waals surface area contributed by atoms with Crippen LogP contribution in [0.1, 0.15) is 24.2 Å². The van der Waals surface area contributed by atoms with Gasteiger partial charge in [0.05, 0.1) is 5.69 Å². The highest BCUT2D eigenvalue weighted by atomic mass is 16.5. The van der Waals surface area contributed by atoms with Gasteiger partial charge in [-0.05, 0) is 38.1 Å². The molecular formula is C19H18N2O4. The lowest BCUT2D eigenvalue weighted by Crippen LogP contribution is -2.47. The number of nitrogens with one attached hydrogen (secondary N) is 1. The molecule has 1 aliphatic rings. The van der Waals surface area contributed by atoms with E-state index in [-0.39, 0.29) is 24.1 Å². The minimum Gasteiger partial charge on any atom is -0.479 e. The Labute approximate surface area is 145 Å². The topological polar surface area (TPSA) is 75.7 Å². The molecular weight excluding hydrogens is 320 g/mol. The molecule has 0 spiro atoms. The molecule has 0 aliphatic carbocycles. The number of amides is 2. The van der Waals surface area contributed by atoms with Gasteiger partial charge in [-0.15, -0.1) is 0 Å². The summed E-state index contributed by atoms with van der Waals surface area (Å²) in [5.74, 6) is -0.132. The summed E-state index contributed by atoms with van der Waals surface area (Å²) in [6.45, 7) is 2.99. The molecule has 2 aromatic carbocycles. The van der Waals surface area contributed by atoms with E-state index in [0.29, 0.717) is 22.7 Å². The summed E-state index contributed by atoms with van der Waals surface area (Å²) in [5.41, 5.74) is 1.59. The van der Waals surface area contributed by atoms with Crippen molar-refractivity contribution in [3.05, 3.63) is 54.1 Å². The molecule has 0 aromatic heterocycles. The van der Waals surface area contributed by atoms with E-state index in [4.69, 9.17) is 4.74 Å². The van der Waals surface area contributed by atoms with E-state index in [1.807, 2.05) is 6.07 Å². The number of Topliss-reactive ketones (excluding diaryl/α,β-unsaturated/α-hetero) is 1. The Morgan fingerprint density at radius 1 is 1.16 bits per heavy atom. The fourth-order valence-corrected chi connectivity index (χ4v) is 2.68. The number of benzene rings is 2. The van der Waals surface area contributed by atoms with Crippen molar-refractivity contribution in [2.24, 2.45) is 0 Å². The quantitative estimate of drug-likeness (QED) is 0.870.